The number of aryl methyl sites for hydroxylation is 1. The number of carboxylic acids is 1. The first-order valence-corrected chi connectivity index (χ1v) is 6.71. The first kappa shape index (κ1) is 12.8. The average Bonchev–Trinajstić information content (AvgIpc) is 2.80. The summed E-state index contributed by atoms with van der Waals surface area (Å²) in [5, 5.41) is 11.0. The molecule has 0 aliphatic carbocycles. The Balaban J connectivity index is 1.93. The number of nitrogens with zero attached hydrogens (tertiary/aromatic N) is 2. The molecule has 0 aliphatic heterocycles. The SMILES string of the molecule is O=C(O)CCCCCn1cnc2sccc2c1=O. The molecule has 96 valence electrons. The number of rotatable bonds is 6. The van der Waals surface area contributed by atoms with Crippen molar-refractivity contribution in [2.75, 3.05) is 0 Å². The van der Waals surface area contributed by atoms with E-state index in [1.165, 1.54) is 11.3 Å². The Morgan fingerprint density at radius 1 is 1.39 bits per heavy atom. The van der Waals surface area contributed by atoms with Crippen LogP contribution in [0.2, 0.25) is 0 Å². The summed E-state index contributed by atoms with van der Waals surface area (Å²) in [6.45, 7) is 0.594. The summed E-state index contributed by atoms with van der Waals surface area (Å²) >= 11 is 1.46. The summed E-state index contributed by atoms with van der Waals surface area (Å²) in [6.07, 6.45) is 4.01. The number of fused-ring (bicyclic) bond motifs is 1. The standard InChI is InChI=1S/C12H14N2O3S/c15-10(16)4-2-1-3-6-14-8-13-11-9(12(14)17)5-7-18-11/h5,7-8H,1-4,6H2,(H,15,16). The third-order valence-corrected chi connectivity index (χ3v) is 3.56. The molecule has 2 rings (SSSR count). The highest BCUT2D eigenvalue weighted by Gasteiger charge is 2.04. The zero-order valence-corrected chi connectivity index (χ0v) is 10.7. The fourth-order valence-electron chi connectivity index (χ4n) is 1.79. The highest BCUT2D eigenvalue weighted by atomic mass is 32.1. The van der Waals surface area contributed by atoms with Crippen LogP contribution in [0.5, 0.6) is 0 Å². The molecule has 6 heteroatoms. The molecule has 0 saturated heterocycles. The normalized spacial score (nSPS) is 10.9. The molecule has 5 nitrogen and oxygen atoms in total. The minimum atomic E-state index is -0.770. The maximum atomic E-state index is 12.0. The molecule has 1 N–H and O–H groups in total. The van der Waals surface area contributed by atoms with Crippen molar-refractivity contribution >= 4 is 27.5 Å². The predicted molar refractivity (Wildman–Crippen MR) is 70.0 cm³/mol. The maximum absolute atomic E-state index is 12.0. The number of aliphatic carboxylic acids is 1. The first-order valence-electron chi connectivity index (χ1n) is 5.83. The van der Waals surface area contributed by atoms with Crippen LogP contribution in [0.25, 0.3) is 10.2 Å². The highest BCUT2D eigenvalue weighted by Crippen LogP contribution is 2.13. The van der Waals surface area contributed by atoms with Gasteiger partial charge in [-0.2, -0.15) is 0 Å². The predicted octanol–water partition coefficient (Wildman–Crippen LogP) is 2.10. The van der Waals surface area contributed by atoms with Crippen LogP contribution in [-0.2, 0) is 11.3 Å². The molecule has 0 saturated carbocycles. The maximum Gasteiger partial charge on any atom is 0.303 e. The Labute approximate surface area is 108 Å². The lowest BCUT2D eigenvalue weighted by Crippen LogP contribution is -2.19. The van der Waals surface area contributed by atoms with Crippen LogP contribution >= 0.6 is 11.3 Å². The monoisotopic (exact) mass is 266 g/mol. The van der Waals surface area contributed by atoms with Crippen molar-refractivity contribution in [3.8, 4) is 0 Å². The van der Waals surface area contributed by atoms with E-state index >= 15 is 0 Å². The van der Waals surface area contributed by atoms with Gasteiger partial charge in [-0.05, 0) is 24.3 Å². The van der Waals surface area contributed by atoms with Gasteiger partial charge >= 0.3 is 5.97 Å². The van der Waals surface area contributed by atoms with Gasteiger partial charge in [-0.3, -0.25) is 14.2 Å². The van der Waals surface area contributed by atoms with E-state index in [0.717, 1.165) is 17.7 Å². The van der Waals surface area contributed by atoms with Crippen molar-refractivity contribution in [2.45, 2.75) is 32.2 Å². The van der Waals surface area contributed by atoms with Crippen molar-refractivity contribution in [2.24, 2.45) is 0 Å². The van der Waals surface area contributed by atoms with Gasteiger partial charge in [0.1, 0.15) is 4.83 Å². The van der Waals surface area contributed by atoms with Crippen molar-refractivity contribution in [1.82, 2.24) is 9.55 Å². The topological polar surface area (TPSA) is 72.2 Å². The quantitative estimate of drug-likeness (QED) is 0.813. The van der Waals surface area contributed by atoms with Gasteiger partial charge in [0.25, 0.3) is 5.56 Å². The number of thiophene rings is 1. The number of carbonyl (C=O) groups is 1. The third kappa shape index (κ3) is 2.95. The second-order valence-corrected chi connectivity index (χ2v) is 4.98. The molecule has 0 radical (unpaired) electrons. The molecule has 18 heavy (non-hydrogen) atoms. The Bertz CT molecular complexity index is 603. The van der Waals surface area contributed by atoms with E-state index in [9.17, 15) is 9.59 Å². The van der Waals surface area contributed by atoms with Gasteiger partial charge in [0.2, 0.25) is 0 Å². The minimum Gasteiger partial charge on any atom is -0.481 e. The number of hydrogen-bond acceptors (Lipinski definition) is 4. The fourth-order valence-corrected chi connectivity index (χ4v) is 2.51. The molecular weight excluding hydrogens is 252 g/mol. The largest absolute Gasteiger partial charge is 0.481 e. The van der Waals surface area contributed by atoms with Crippen molar-refractivity contribution in [1.29, 1.82) is 0 Å². The smallest absolute Gasteiger partial charge is 0.303 e. The van der Waals surface area contributed by atoms with Gasteiger partial charge in [-0.1, -0.05) is 6.42 Å². The molecule has 0 atom stereocenters. The first-order chi connectivity index (χ1) is 8.68. The van der Waals surface area contributed by atoms with Crippen LogP contribution in [0.3, 0.4) is 0 Å². The number of aromatic nitrogens is 2. The number of unbranched alkanes of at least 4 members (excludes halogenated alkanes) is 2. The van der Waals surface area contributed by atoms with Gasteiger partial charge < -0.3 is 5.11 Å². The molecule has 0 fully saturated rings. The van der Waals surface area contributed by atoms with Crippen molar-refractivity contribution in [3.05, 3.63) is 28.1 Å². The zero-order valence-electron chi connectivity index (χ0n) is 9.83. The number of hydrogen-bond donors (Lipinski definition) is 1. The molecule has 0 bridgehead atoms. The molecule has 0 amide bonds. The third-order valence-electron chi connectivity index (χ3n) is 2.74. The van der Waals surface area contributed by atoms with Crippen LogP contribution in [0.4, 0.5) is 0 Å². The van der Waals surface area contributed by atoms with Crippen LogP contribution in [0, 0.1) is 0 Å². The summed E-state index contributed by atoms with van der Waals surface area (Å²) in [5.74, 6) is -0.770. The molecule has 2 heterocycles. The summed E-state index contributed by atoms with van der Waals surface area (Å²) in [6, 6.07) is 1.79. The molecule has 0 aromatic carbocycles. The Morgan fingerprint density at radius 3 is 3.00 bits per heavy atom. The average molecular weight is 266 g/mol. The second kappa shape index (κ2) is 5.77. The van der Waals surface area contributed by atoms with E-state index in [4.69, 9.17) is 5.11 Å². The van der Waals surface area contributed by atoms with E-state index < -0.39 is 5.97 Å². The number of carboxylic acid groups (broad SMARTS) is 1. The van der Waals surface area contributed by atoms with E-state index in [-0.39, 0.29) is 12.0 Å². The zero-order chi connectivity index (χ0) is 13.0. The Hall–Kier alpha value is -1.69. The van der Waals surface area contributed by atoms with E-state index in [0.29, 0.717) is 18.4 Å². The van der Waals surface area contributed by atoms with Crippen LogP contribution < -0.4 is 5.56 Å². The van der Waals surface area contributed by atoms with E-state index in [2.05, 4.69) is 4.98 Å². The van der Waals surface area contributed by atoms with Crippen molar-refractivity contribution in [3.63, 3.8) is 0 Å². The van der Waals surface area contributed by atoms with E-state index in [1.807, 2.05) is 5.38 Å². The second-order valence-electron chi connectivity index (χ2n) is 4.09. The lowest BCUT2D eigenvalue weighted by atomic mass is 10.2. The summed E-state index contributed by atoms with van der Waals surface area (Å²) < 4.78 is 1.59. The lowest BCUT2D eigenvalue weighted by Gasteiger charge is -2.04. The molecular formula is C12H14N2O3S. The van der Waals surface area contributed by atoms with Gasteiger partial charge in [0, 0.05) is 13.0 Å². The Kier molecular flexibility index (Phi) is 4.09. The lowest BCUT2D eigenvalue weighted by molar-refractivity contribution is -0.137. The molecule has 0 aliphatic rings. The summed E-state index contributed by atoms with van der Waals surface area (Å²) in [5.41, 5.74) is -0.0144. The summed E-state index contributed by atoms with van der Waals surface area (Å²) in [4.78, 5) is 27.3. The molecule has 0 unspecified atom stereocenters. The van der Waals surface area contributed by atoms with Crippen LogP contribution in [0.1, 0.15) is 25.7 Å². The van der Waals surface area contributed by atoms with Gasteiger partial charge in [0.05, 0.1) is 11.7 Å². The Morgan fingerprint density at radius 2 is 2.22 bits per heavy atom. The van der Waals surface area contributed by atoms with E-state index in [1.54, 1.807) is 17.0 Å². The van der Waals surface area contributed by atoms with Gasteiger partial charge in [-0.15, -0.1) is 11.3 Å². The van der Waals surface area contributed by atoms with Crippen LogP contribution in [0.15, 0.2) is 22.6 Å². The molecule has 0 spiro atoms. The molecule has 2 aromatic heterocycles. The molecule has 2 aromatic rings. The van der Waals surface area contributed by atoms with Gasteiger partial charge in [-0.25, -0.2) is 4.98 Å². The van der Waals surface area contributed by atoms with Crippen molar-refractivity contribution < 1.29 is 9.90 Å². The minimum absolute atomic E-state index is 0.0144. The highest BCUT2D eigenvalue weighted by molar-refractivity contribution is 7.16. The van der Waals surface area contributed by atoms with Crippen LogP contribution in [-0.4, -0.2) is 20.6 Å². The summed E-state index contributed by atoms with van der Waals surface area (Å²) in [7, 11) is 0. The van der Waals surface area contributed by atoms with Gasteiger partial charge in [0.15, 0.2) is 0 Å². The fraction of sp³-hybridized carbons (Fsp3) is 0.417.